The average Bonchev–Trinajstić information content (AvgIpc) is 2.61. The van der Waals surface area contributed by atoms with Gasteiger partial charge in [-0.3, -0.25) is 0 Å². The van der Waals surface area contributed by atoms with Gasteiger partial charge in [0.05, 0.1) is 0 Å². The first-order valence-electron chi connectivity index (χ1n) is 8.72. The first-order valence-corrected chi connectivity index (χ1v) is 8.72. The molecule has 2 aromatic carbocycles. The lowest BCUT2D eigenvalue weighted by atomic mass is 9.79. The third-order valence-corrected chi connectivity index (χ3v) is 4.91. The molecule has 1 fully saturated rings. The van der Waals surface area contributed by atoms with Gasteiger partial charge in [0.2, 0.25) is 0 Å². The van der Waals surface area contributed by atoms with Gasteiger partial charge in [-0.25, -0.2) is 4.39 Å². The molecular weight excluding hydrogens is 301 g/mol. The lowest BCUT2D eigenvalue weighted by Crippen LogP contribution is -2.11. The molecule has 2 nitrogen and oxygen atoms in total. The minimum Gasteiger partial charge on any atom is -0.357 e. The van der Waals surface area contributed by atoms with Crippen molar-refractivity contribution in [2.24, 2.45) is 11.1 Å². The van der Waals surface area contributed by atoms with E-state index in [1.807, 2.05) is 18.2 Å². The fraction of sp³-hybridized carbons (Fsp3) is 0.381. The fourth-order valence-corrected chi connectivity index (χ4v) is 3.42. The van der Waals surface area contributed by atoms with Gasteiger partial charge in [0.1, 0.15) is 5.82 Å². The van der Waals surface area contributed by atoms with Crippen molar-refractivity contribution in [1.82, 2.24) is 0 Å². The Hall–Kier alpha value is -2.16. The molecule has 0 N–H and O–H groups in total. The topological polar surface area (TPSA) is 21.6 Å². The second-order valence-corrected chi connectivity index (χ2v) is 6.68. The van der Waals surface area contributed by atoms with Crippen molar-refractivity contribution in [3.8, 4) is 16.9 Å². The van der Waals surface area contributed by atoms with Crippen LogP contribution >= 0.6 is 0 Å². The monoisotopic (exact) mass is 325 g/mol. The van der Waals surface area contributed by atoms with Gasteiger partial charge in [0.15, 0.2) is 5.75 Å². The number of benzene rings is 2. The summed E-state index contributed by atoms with van der Waals surface area (Å²) >= 11 is 0. The summed E-state index contributed by atoms with van der Waals surface area (Å²) in [5.74, 6) is 1.81. The Labute approximate surface area is 143 Å². The summed E-state index contributed by atoms with van der Waals surface area (Å²) in [5.41, 5.74) is 2.62. The Bertz CT molecular complexity index is 700. The molecule has 0 amide bonds. The maximum atomic E-state index is 14.6. The number of hydrogen-bond donors (Lipinski definition) is 0. The third-order valence-electron chi connectivity index (χ3n) is 4.91. The molecule has 0 atom stereocenters. The molecule has 0 unspecified atom stereocenters. The van der Waals surface area contributed by atoms with Crippen LogP contribution in [0.15, 0.2) is 47.6 Å². The van der Waals surface area contributed by atoms with Gasteiger partial charge in [0, 0.05) is 11.8 Å². The SMILES string of the molecule is CC=NOc1ccc(-c2ccc(C3CCC(C)CC3)cc2F)cc1. The van der Waals surface area contributed by atoms with Crippen molar-refractivity contribution in [2.75, 3.05) is 0 Å². The molecule has 2 aromatic rings. The van der Waals surface area contributed by atoms with Crippen molar-refractivity contribution in [3.63, 3.8) is 0 Å². The lowest BCUT2D eigenvalue weighted by molar-refractivity contribution is 0.343. The van der Waals surface area contributed by atoms with Crippen LogP contribution in [0.1, 0.15) is 51.0 Å². The van der Waals surface area contributed by atoms with E-state index in [4.69, 9.17) is 4.84 Å². The van der Waals surface area contributed by atoms with Crippen molar-refractivity contribution < 1.29 is 9.23 Å². The van der Waals surface area contributed by atoms with Gasteiger partial charge >= 0.3 is 0 Å². The van der Waals surface area contributed by atoms with E-state index in [1.54, 1.807) is 31.3 Å². The van der Waals surface area contributed by atoms with Crippen LogP contribution < -0.4 is 4.84 Å². The predicted octanol–water partition coefficient (Wildman–Crippen LogP) is 6.17. The molecule has 24 heavy (non-hydrogen) atoms. The molecule has 3 rings (SSSR count). The number of halogens is 1. The molecule has 1 aliphatic rings. The zero-order valence-corrected chi connectivity index (χ0v) is 14.3. The molecule has 0 spiro atoms. The van der Waals surface area contributed by atoms with Crippen molar-refractivity contribution in [1.29, 1.82) is 0 Å². The quantitative estimate of drug-likeness (QED) is 0.486. The maximum Gasteiger partial charge on any atom is 0.157 e. The van der Waals surface area contributed by atoms with E-state index in [0.29, 0.717) is 17.2 Å². The van der Waals surface area contributed by atoms with E-state index in [-0.39, 0.29) is 5.82 Å². The Morgan fingerprint density at radius 1 is 1.04 bits per heavy atom. The lowest BCUT2D eigenvalue weighted by Gasteiger charge is -2.26. The van der Waals surface area contributed by atoms with Gasteiger partial charge in [-0.05, 0) is 60.9 Å². The molecule has 1 aliphatic carbocycles. The fourth-order valence-electron chi connectivity index (χ4n) is 3.42. The zero-order valence-electron chi connectivity index (χ0n) is 14.3. The normalized spacial score (nSPS) is 21.1. The Balaban J connectivity index is 1.77. The molecule has 0 saturated heterocycles. The van der Waals surface area contributed by atoms with Crippen LogP contribution in [0.2, 0.25) is 0 Å². The molecule has 0 aliphatic heterocycles. The highest BCUT2D eigenvalue weighted by molar-refractivity contribution is 5.65. The van der Waals surface area contributed by atoms with Crippen LogP contribution in [0.5, 0.6) is 5.75 Å². The number of nitrogens with zero attached hydrogens (tertiary/aromatic N) is 1. The summed E-state index contributed by atoms with van der Waals surface area (Å²) in [6, 6.07) is 13.0. The Morgan fingerprint density at radius 3 is 2.38 bits per heavy atom. The highest BCUT2D eigenvalue weighted by atomic mass is 19.1. The van der Waals surface area contributed by atoms with E-state index < -0.39 is 0 Å². The molecule has 126 valence electrons. The molecule has 0 radical (unpaired) electrons. The minimum atomic E-state index is -0.147. The third kappa shape index (κ3) is 3.84. The highest BCUT2D eigenvalue weighted by Gasteiger charge is 2.20. The first-order chi connectivity index (χ1) is 11.7. The first kappa shape index (κ1) is 16.7. The van der Waals surface area contributed by atoms with Crippen LogP contribution in [0.3, 0.4) is 0 Å². The molecule has 3 heteroatoms. The van der Waals surface area contributed by atoms with Crippen molar-refractivity contribution in [3.05, 3.63) is 53.8 Å². The molecule has 0 bridgehead atoms. The smallest absolute Gasteiger partial charge is 0.157 e. The van der Waals surface area contributed by atoms with Gasteiger partial charge in [0.25, 0.3) is 0 Å². The summed E-state index contributed by atoms with van der Waals surface area (Å²) in [6.07, 6.45) is 6.41. The van der Waals surface area contributed by atoms with E-state index in [1.165, 1.54) is 25.7 Å². The summed E-state index contributed by atoms with van der Waals surface area (Å²) in [7, 11) is 0. The van der Waals surface area contributed by atoms with Crippen LogP contribution in [0.4, 0.5) is 4.39 Å². The van der Waals surface area contributed by atoms with E-state index in [9.17, 15) is 4.39 Å². The average molecular weight is 325 g/mol. The zero-order chi connectivity index (χ0) is 16.9. The Kier molecular flexibility index (Phi) is 5.29. The van der Waals surface area contributed by atoms with Gasteiger partial charge in [-0.15, -0.1) is 0 Å². The predicted molar refractivity (Wildman–Crippen MR) is 97.0 cm³/mol. The van der Waals surface area contributed by atoms with E-state index in [0.717, 1.165) is 17.0 Å². The number of rotatable bonds is 4. The Morgan fingerprint density at radius 2 is 1.75 bits per heavy atom. The summed E-state index contributed by atoms with van der Waals surface area (Å²) in [5, 5.41) is 3.73. The summed E-state index contributed by atoms with van der Waals surface area (Å²) < 4.78 is 14.6. The second-order valence-electron chi connectivity index (χ2n) is 6.68. The van der Waals surface area contributed by atoms with Crippen LogP contribution in [0.25, 0.3) is 11.1 Å². The molecule has 1 saturated carbocycles. The van der Waals surface area contributed by atoms with Crippen molar-refractivity contribution in [2.45, 2.75) is 45.4 Å². The van der Waals surface area contributed by atoms with Gasteiger partial charge in [-0.1, -0.05) is 49.2 Å². The highest BCUT2D eigenvalue weighted by Crippen LogP contribution is 2.37. The van der Waals surface area contributed by atoms with Gasteiger partial charge < -0.3 is 4.84 Å². The molecular formula is C21H24FNO. The van der Waals surface area contributed by atoms with E-state index in [2.05, 4.69) is 18.1 Å². The van der Waals surface area contributed by atoms with Crippen molar-refractivity contribution >= 4 is 6.21 Å². The molecule has 0 heterocycles. The van der Waals surface area contributed by atoms with Gasteiger partial charge in [-0.2, -0.15) is 0 Å². The maximum absolute atomic E-state index is 14.6. The summed E-state index contributed by atoms with van der Waals surface area (Å²) in [6.45, 7) is 4.09. The minimum absolute atomic E-state index is 0.147. The number of oxime groups is 1. The largest absolute Gasteiger partial charge is 0.357 e. The van der Waals surface area contributed by atoms with Crippen LogP contribution in [0, 0.1) is 11.7 Å². The van der Waals surface area contributed by atoms with E-state index >= 15 is 0 Å². The summed E-state index contributed by atoms with van der Waals surface area (Å²) in [4.78, 5) is 5.16. The number of hydrogen-bond acceptors (Lipinski definition) is 2. The second kappa shape index (κ2) is 7.61. The standard InChI is InChI=1S/C21H24FNO/c1-3-23-24-19-11-8-17(9-12-19)20-13-10-18(14-21(20)22)16-6-4-15(2)5-7-16/h3,8-16H,4-7H2,1-2H3. The van der Waals surface area contributed by atoms with Crippen LogP contribution in [-0.2, 0) is 0 Å². The molecule has 0 aromatic heterocycles. The van der Waals surface area contributed by atoms with Crippen LogP contribution in [-0.4, -0.2) is 6.21 Å².